The second kappa shape index (κ2) is 9.24. The summed E-state index contributed by atoms with van der Waals surface area (Å²) in [5.41, 5.74) is -2.66. The van der Waals surface area contributed by atoms with Gasteiger partial charge in [-0.05, 0) is 30.7 Å². The minimum atomic E-state index is -4.98. The Hall–Kier alpha value is -3.76. The quantitative estimate of drug-likeness (QED) is 0.532. The van der Waals surface area contributed by atoms with Crippen molar-refractivity contribution < 1.29 is 31.5 Å². The molecule has 2 aromatic carbocycles. The van der Waals surface area contributed by atoms with Gasteiger partial charge in [-0.2, -0.15) is 18.3 Å². The highest BCUT2D eigenvalue weighted by Gasteiger charge is 2.42. The van der Waals surface area contributed by atoms with E-state index < -0.39 is 46.6 Å². The van der Waals surface area contributed by atoms with E-state index in [0.29, 0.717) is 4.68 Å². The first-order valence-corrected chi connectivity index (χ1v) is 10.4. The maximum Gasteiger partial charge on any atom is 0.434 e. The minimum absolute atomic E-state index is 0.0156. The Morgan fingerprint density at radius 1 is 0.765 bits per heavy atom. The number of halogens is 5. The first-order chi connectivity index (χ1) is 16.2. The van der Waals surface area contributed by atoms with Crippen LogP contribution in [0.4, 0.5) is 22.0 Å². The number of aromatic nitrogens is 2. The summed E-state index contributed by atoms with van der Waals surface area (Å²) in [5.74, 6) is -3.10. The van der Waals surface area contributed by atoms with Crippen molar-refractivity contribution in [1.82, 2.24) is 19.6 Å². The molecule has 0 spiro atoms. The van der Waals surface area contributed by atoms with Crippen molar-refractivity contribution in [3.05, 3.63) is 83.2 Å². The molecule has 0 unspecified atom stereocenters. The van der Waals surface area contributed by atoms with E-state index in [1.54, 1.807) is 0 Å². The number of hydrogen-bond acceptors (Lipinski definition) is 3. The Morgan fingerprint density at radius 3 is 1.91 bits per heavy atom. The van der Waals surface area contributed by atoms with Crippen LogP contribution >= 0.6 is 0 Å². The molecule has 178 valence electrons. The van der Waals surface area contributed by atoms with Gasteiger partial charge in [0.15, 0.2) is 5.69 Å². The Bertz CT molecular complexity index is 1220. The maximum absolute atomic E-state index is 14.2. The van der Waals surface area contributed by atoms with E-state index in [0.717, 1.165) is 24.4 Å². The number of hydrogen-bond donors (Lipinski definition) is 0. The number of para-hydroxylation sites is 1. The number of amides is 2. The zero-order valence-corrected chi connectivity index (χ0v) is 17.7. The van der Waals surface area contributed by atoms with E-state index in [1.165, 1.54) is 40.1 Å². The molecule has 2 heterocycles. The van der Waals surface area contributed by atoms with Gasteiger partial charge < -0.3 is 9.80 Å². The molecule has 0 saturated carbocycles. The highest BCUT2D eigenvalue weighted by Crippen LogP contribution is 2.34. The molecular weight excluding hydrogens is 459 g/mol. The maximum atomic E-state index is 14.2. The van der Waals surface area contributed by atoms with E-state index in [-0.39, 0.29) is 38.2 Å². The Labute approximate surface area is 191 Å². The smallest absolute Gasteiger partial charge is 0.337 e. The van der Waals surface area contributed by atoms with Crippen molar-refractivity contribution in [1.29, 1.82) is 0 Å². The lowest BCUT2D eigenvalue weighted by Gasteiger charge is -2.23. The van der Waals surface area contributed by atoms with E-state index in [4.69, 9.17) is 0 Å². The standard InChI is InChI=1S/C23H19F5N4O2/c24-17-7-2-1-6-15(17)21(33)30-10-5-11-31(13-12-30)22(34)16-14-29-32(20(16)23(26,27)28)19-9-4-3-8-18(19)25/h1-4,6-9,14H,5,10-13H2. The highest BCUT2D eigenvalue weighted by molar-refractivity contribution is 5.96. The lowest BCUT2D eigenvalue weighted by atomic mass is 10.2. The van der Waals surface area contributed by atoms with Gasteiger partial charge >= 0.3 is 6.18 Å². The van der Waals surface area contributed by atoms with E-state index in [9.17, 15) is 31.5 Å². The van der Waals surface area contributed by atoms with Crippen LogP contribution in [-0.4, -0.2) is 57.6 Å². The third-order valence-electron chi connectivity index (χ3n) is 5.52. The lowest BCUT2D eigenvalue weighted by molar-refractivity contribution is -0.143. The molecule has 2 amide bonds. The molecule has 11 heteroatoms. The van der Waals surface area contributed by atoms with Gasteiger partial charge in [-0.3, -0.25) is 9.59 Å². The van der Waals surface area contributed by atoms with Gasteiger partial charge in [0.05, 0.1) is 17.3 Å². The summed E-state index contributed by atoms with van der Waals surface area (Å²) in [5, 5.41) is 3.65. The molecule has 0 N–H and O–H groups in total. The average Bonchev–Trinajstić information content (AvgIpc) is 3.10. The predicted octanol–water partition coefficient (Wildman–Crippen LogP) is 4.16. The third-order valence-corrected chi connectivity index (χ3v) is 5.52. The van der Waals surface area contributed by atoms with Crippen LogP contribution in [-0.2, 0) is 6.18 Å². The summed E-state index contributed by atoms with van der Waals surface area (Å²) in [6, 6.07) is 10.3. The molecule has 1 aliphatic heterocycles. The van der Waals surface area contributed by atoms with Crippen molar-refractivity contribution in [2.45, 2.75) is 12.6 Å². The van der Waals surface area contributed by atoms with Crippen molar-refractivity contribution in [2.75, 3.05) is 26.2 Å². The van der Waals surface area contributed by atoms with Crippen LogP contribution in [0.3, 0.4) is 0 Å². The molecule has 0 aliphatic carbocycles. The lowest BCUT2D eigenvalue weighted by Crippen LogP contribution is -2.38. The summed E-state index contributed by atoms with van der Waals surface area (Å²) >= 11 is 0. The molecule has 1 saturated heterocycles. The number of alkyl halides is 3. The number of benzene rings is 2. The van der Waals surface area contributed by atoms with Crippen LogP contribution in [0.25, 0.3) is 5.69 Å². The molecule has 0 atom stereocenters. The van der Waals surface area contributed by atoms with Crippen LogP contribution in [0.5, 0.6) is 0 Å². The van der Waals surface area contributed by atoms with Crippen molar-refractivity contribution >= 4 is 11.8 Å². The van der Waals surface area contributed by atoms with Gasteiger partial charge in [-0.25, -0.2) is 13.5 Å². The van der Waals surface area contributed by atoms with Gasteiger partial charge in [-0.1, -0.05) is 24.3 Å². The summed E-state index contributed by atoms with van der Waals surface area (Å²) < 4.78 is 70.3. The summed E-state index contributed by atoms with van der Waals surface area (Å²) in [6.45, 7) is 0.253. The van der Waals surface area contributed by atoms with Gasteiger partial charge in [0.1, 0.15) is 17.3 Å². The fourth-order valence-electron chi connectivity index (χ4n) is 3.88. The Balaban J connectivity index is 1.59. The summed E-state index contributed by atoms with van der Waals surface area (Å²) in [6.07, 6.45) is -3.93. The molecule has 6 nitrogen and oxygen atoms in total. The van der Waals surface area contributed by atoms with E-state index in [2.05, 4.69) is 5.10 Å². The zero-order valence-electron chi connectivity index (χ0n) is 17.7. The molecule has 4 rings (SSSR count). The van der Waals surface area contributed by atoms with E-state index >= 15 is 0 Å². The Kier molecular flexibility index (Phi) is 6.36. The average molecular weight is 478 g/mol. The molecule has 34 heavy (non-hydrogen) atoms. The summed E-state index contributed by atoms with van der Waals surface area (Å²) in [4.78, 5) is 28.3. The molecule has 1 aromatic heterocycles. The molecule has 1 aliphatic rings. The largest absolute Gasteiger partial charge is 0.434 e. The number of rotatable bonds is 3. The third kappa shape index (κ3) is 4.50. The molecule has 0 radical (unpaired) electrons. The normalized spacial score (nSPS) is 14.7. The van der Waals surface area contributed by atoms with Crippen molar-refractivity contribution in [3.63, 3.8) is 0 Å². The topological polar surface area (TPSA) is 58.4 Å². The zero-order chi connectivity index (χ0) is 24.5. The van der Waals surface area contributed by atoms with Crippen LogP contribution in [0.15, 0.2) is 54.7 Å². The minimum Gasteiger partial charge on any atom is -0.337 e. The van der Waals surface area contributed by atoms with Crippen molar-refractivity contribution in [3.8, 4) is 5.69 Å². The fraction of sp³-hybridized carbons (Fsp3) is 0.261. The van der Waals surface area contributed by atoms with Gasteiger partial charge in [0.2, 0.25) is 0 Å². The predicted molar refractivity (Wildman–Crippen MR) is 111 cm³/mol. The monoisotopic (exact) mass is 478 g/mol. The first kappa shape index (κ1) is 23.4. The second-order valence-electron chi connectivity index (χ2n) is 7.69. The Morgan fingerprint density at radius 2 is 1.32 bits per heavy atom. The molecular formula is C23H19F5N4O2. The van der Waals surface area contributed by atoms with E-state index in [1.807, 2.05) is 0 Å². The number of carbonyl (C=O) groups is 2. The van der Waals surface area contributed by atoms with Crippen molar-refractivity contribution in [2.24, 2.45) is 0 Å². The summed E-state index contributed by atoms with van der Waals surface area (Å²) in [7, 11) is 0. The second-order valence-corrected chi connectivity index (χ2v) is 7.69. The first-order valence-electron chi connectivity index (χ1n) is 10.4. The number of nitrogens with zero attached hydrogens (tertiary/aromatic N) is 4. The van der Waals surface area contributed by atoms with Gasteiger partial charge in [-0.15, -0.1) is 0 Å². The molecule has 1 fully saturated rings. The van der Waals surface area contributed by atoms with Crippen LogP contribution in [0.1, 0.15) is 32.8 Å². The SMILES string of the molecule is O=C(c1ccccc1F)N1CCCN(C(=O)c2cnn(-c3ccccc3F)c2C(F)(F)F)CC1. The molecule has 3 aromatic rings. The van der Waals surface area contributed by atoms with Crippen LogP contribution < -0.4 is 0 Å². The van der Waals surface area contributed by atoms with Crippen LogP contribution in [0.2, 0.25) is 0 Å². The van der Waals surface area contributed by atoms with Crippen LogP contribution in [0, 0.1) is 11.6 Å². The van der Waals surface area contributed by atoms with Gasteiger partial charge in [0.25, 0.3) is 11.8 Å². The van der Waals surface area contributed by atoms with Gasteiger partial charge in [0, 0.05) is 26.2 Å². The number of carbonyl (C=O) groups excluding carboxylic acids is 2. The highest BCUT2D eigenvalue weighted by atomic mass is 19.4. The fourth-order valence-corrected chi connectivity index (χ4v) is 3.88. The molecule has 0 bridgehead atoms.